The largest absolute Gasteiger partial charge is 0.485 e. The first kappa shape index (κ1) is 18.0. The highest BCUT2D eigenvalue weighted by atomic mass is 79.9. The number of esters is 1. The van der Waals surface area contributed by atoms with E-state index in [0.717, 1.165) is 12.1 Å². The zero-order valence-corrected chi connectivity index (χ0v) is 14.7. The topological polar surface area (TPSA) is 74.5 Å². The minimum absolute atomic E-state index is 0.00654. The monoisotopic (exact) mass is 424 g/mol. The van der Waals surface area contributed by atoms with Crippen LogP contribution < -0.4 is 4.74 Å². The molecule has 0 N–H and O–H groups in total. The number of ether oxygens (including phenoxy) is 2. The van der Waals surface area contributed by atoms with Crippen molar-refractivity contribution < 1.29 is 27.6 Å². The summed E-state index contributed by atoms with van der Waals surface area (Å²) in [5.41, 5.74) is 0.172. The Labute approximate surface area is 154 Å². The molecule has 0 atom stereocenters. The van der Waals surface area contributed by atoms with Crippen LogP contribution in [0.15, 0.2) is 51.5 Å². The minimum atomic E-state index is -0.667. The summed E-state index contributed by atoms with van der Waals surface area (Å²) in [6.45, 7) is -0.237. The molecule has 0 aliphatic heterocycles. The first-order valence-corrected chi connectivity index (χ1v) is 8.12. The van der Waals surface area contributed by atoms with Crippen molar-refractivity contribution in [2.45, 2.75) is 13.2 Å². The van der Waals surface area contributed by atoms with Crippen molar-refractivity contribution in [1.29, 1.82) is 0 Å². The molecular weight excluding hydrogens is 414 g/mol. The third-order valence-electron chi connectivity index (χ3n) is 3.17. The zero-order chi connectivity index (χ0) is 18.5. The number of hydrogen-bond donors (Lipinski definition) is 0. The predicted octanol–water partition coefficient (Wildman–Crippen LogP) is 4.05. The van der Waals surface area contributed by atoms with Gasteiger partial charge in [0.2, 0.25) is 5.82 Å². The molecular formula is C17H11BrF2N2O4. The number of carbonyl (C=O) groups is 1. The van der Waals surface area contributed by atoms with Crippen molar-refractivity contribution in [2.75, 3.05) is 0 Å². The number of benzene rings is 2. The average Bonchev–Trinajstić information content (AvgIpc) is 3.07. The fraction of sp³-hybridized carbons (Fsp3) is 0.118. The second kappa shape index (κ2) is 8.05. The molecule has 0 amide bonds. The van der Waals surface area contributed by atoms with E-state index in [-0.39, 0.29) is 40.8 Å². The number of hydrogen-bond acceptors (Lipinski definition) is 6. The quantitative estimate of drug-likeness (QED) is 0.555. The van der Waals surface area contributed by atoms with Gasteiger partial charge in [-0.1, -0.05) is 5.16 Å². The molecule has 26 heavy (non-hydrogen) atoms. The molecule has 9 heteroatoms. The highest BCUT2D eigenvalue weighted by Gasteiger charge is 2.15. The summed E-state index contributed by atoms with van der Waals surface area (Å²) in [4.78, 5) is 16.0. The molecule has 6 nitrogen and oxygen atoms in total. The Morgan fingerprint density at radius 1 is 1.08 bits per heavy atom. The van der Waals surface area contributed by atoms with Crippen molar-refractivity contribution >= 4 is 21.9 Å². The van der Waals surface area contributed by atoms with Crippen molar-refractivity contribution in [3.05, 3.63) is 75.9 Å². The van der Waals surface area contributed by atoms with Crippen LogP contribution in [0, 0.1) is 11.6 Å². The summed E-state index contributed by atoms with van der Waals surface area (Å²) in [6, 6.07) is 9.09. The first-order chi connectivity index (χ1) is 12.5. The first-order valence-electron chi connectivity index (χ1n) is 7.33. The number of aromatic nitrogens is 2. The van der Waals surface area contributed by atoms with Crippen LogP contribution in [0.4, 0.5) is 8.78 Å². The lowest BCUT2D eigenvalue weighted by molar-refractivity contribution is 0.0428. The lowest BCUT2D eigenvalue weighted by Crippen LogP contribution is -2.06. The Kier molecular flexibility index (Phi) is 5.57. The summed E-state index contributed by atoms with van der Waals surface area (Å²) >= 11 is 3.09. The van der Waals surface area contributed by atoms with Crippen molar-refractivity contribution in [1.82, 2.24) is 10.1 Å². The van der Waals surface area contributed by atoms with Crippen LogP contribution in [0.1, 0.15) is 22.1 Å². The summed E-state index contributed by atoms with van der Waals surface area (Å²) in [7, 11) is 0. The van der Waals surface area contributed by atoms with E-state index >= 15 is 0 Å². The third-order valence-corrected chi connectivity index (χ3v) is 3.83. The highest BCUT2D eigenvalue weighted by molar-refractivity contribution is 9.10. The van der Waals surface area contributed by atoms with Crippen molar-refractivity contribution in [2.24, 2.45) is 0 Å². The second-order valence-electron chi connectivity index (χ2n) is 5.05. The van der Waals surface area contributed by atoms with Crippen LogP contribution in [0.3, 0.4) is 0 Å². The van der Waals surface area contributed by atoms with E-state index in [0.29, 0.717) is 5.75 Å². The molecule has 3 rings (SSSR count). The maximum atomic E-state index is 13.0. The summed E-state index contributed by atoms with van der Waals surface area (Å²) in [5, 5.41) is 3.69. The van der Waals surface area contributed by atoms with Gasteiger partial charge >= 0.3 is 5.97 Å². The van der Waals surface area contributed by atoms with Crippen LogP contribution in [-0.4, -0.2) is 16.1 Å². The maximum Gasteiger partial charge on any atom is 0.339 e. The third kappa shape index (κ3) is 4.63. The molecule has 0 fully saturated rings. The van der Waals surface area contributed by atoms with Gasteiger partial charge in [-0.3, -0.25) is 0 Å². The fourth-order valence-corrected chi connectivity index (χ4v) is 2.46. The minimum Gasteiger partial charge on any atom is -0.485 e. The molecule has 0 aliphatic rings. The molecule has 0 saturated heterocycles. The van der Waals surface area contributed by atoms with Gasteiger partial charge in [0, 0.05) is 4.47 Å². The zero-order valence-electron chi connectivity index (χ0n) is 13.1. The van der Waals surface area contributed by atoms with Gasteiger partial charge in [-0.05, 0) is 58.4 Å². The van der Waals surface area contributed by atoms with Crippen LogP contribution >= 0.6 is 15.9 Å². The van der Waals surface area contributed by atoms with Crippen LogP contribution in [0.2, 0.25) is 0 Å². The summed E-state index contributed by atoms with van der Waals surface area (Å²) in [5.74, 6) is -0.743. The van der Waals surface area contributed by atoms with Crippen LogP contribution in [-0.2, 0) is 18.0 Å². The van der Waals surface area contributed by atoms with Crippen molar-refractivity contribution in [3.8, 4) is 5.75 Å². The van der Waals surface area contributed by atoms with Gasteiger partial charge in [0.05, 0.1) is 5.56 Å². The van der Waals surface area contributed by atoms with Crippen molar-refractivity contribution in [3.63, 3.8) is 0 Å². The fourth-order valence-electron chi connectivity index (χ4n) is 1.95. The van der Waals surface area contributed by atoms with Gasteiger partial charge in [-0.2, -0.15) is 4.98 Å². The molecule has 1 aromatic heterocycles. The Balaban J connectivity index is 1.53. The standard InChI is InChI=1S/C17H11BrF2N2O4/c18-14-7-11(20)3-6-13(14)17(23)25-9-16-21-15(22-26-16)8-24-12-4-1-10(19)2-5-12/h1-7H,8-9H2. The Bertz CT molecular complexity index is 915. The second-order valence-corrected chi connectivity index (χ2v) is 5.90. The van der Waals surface area contributed by atoms with Gasteiger partial charge in [-0.15, -0.1) is 0 Å². The van der Waals surface area contributed by atoms with Gasteiger partial charge in [0.15, 0.2) is 13.2 Å². The SMILES string of the molecule is O=C(OCc1nc(COc2ccc(F)cc2)no1)c1ccc(F)cc1Br. The molecule has 1 heterocycles. The molecule has 0 unspecified atom stereocenters. The van der Waals surface area contributed by atoms with Gasteiger partial charge in [0.1, 0.15) is 17.4 Å². The van der Waals surface area contributed by atoms with Gasteiger partial charge < -0.3 is 14.0 Å². The molecule has 2 aromatic carbocycles. The van der Waals surface area contributed by atoms with Crippen LogP contribution in [0.25, 0.3) is 0 Å². The van der Waals surface area contributed by atoms with E-state index in [4.69, 9.17) is 14.0 Å². The van der Waals surface area contributed by atoms with E-state index in [1.807, 2.05) is 0 Å². The lowest BCUT2D eigenvalue weighted by atomic mass is 10.2. The molecule has 0 aliphatic carbocycles. The maximum absolute atomic E-state index is 13.0. The number of rotatable bonds is 6. The summed E-state index contributed by atoms with van der Waals surface area (Å²) < 4.78 is 41.5. The smallest absolute Gasteiger partial charge is 0.339 e. The molecule has 3 aromatic rings. The molecule has 134 valence electrons. The Morgan fingerprint density at radius 3 is 2.54 bits per heavy atom. The van der Waals surface area contributed by atoms with E-state index < -0.39 is 11.8 Å². The number of carbonyl (C=O) groups excluding carboxylic acids is 1. The van der Waals surface area contributed by atoms with Gasteiger partial charge in [-0.25, -0.2) is 13.6 Å². The van der Waals surface area contributed by atoms with E-state index in [1.54, 1.807) is 0 Å². The number of halogens is 3. The normalized spacial score (nSPS) is 10.6. The van der Waals surface area contributed by atoms with Gasteiger partial charge in [0.25, 0.3) is 5.89 Å². The average molecular weight is 425 g/mol. The molecule has 0 spiro atoms. The van der Waals surface area contributed by atoms with E-state index in [2.05, 4.69) is 26.1 Å². The summed E-state index contributed by atoms with van der Waals surface area (Å²) in [6.07, 6.45) is 0. The van der Waals surface area contributed by atoms with Crippen LogP contribution in [0.5, 0.6) is 5.75 Å². The Morgan fingerprint density at radius 2 is 1.81 bits per heavy atom. The lowest BCUT2D eigenvalue weighted by Gasteiger charge is -2.04. The van der Waals surface area contributed by atoms with E-state index in [9.17, 15) is 13.6 Å². The number of nitrogens with zero attached hydrogens (tertiary/aromatic N) is 2. The predicted molar refractivity (Wildman–Crippen MR) is 88.2 cm³/mol. The van der Waals surface area contributed by atoms with E-state index in [1.165, 1.54) is 30.3 Å². The molecule has 0 saturated carbocycles. The Hall–Kier alpha value is -2.81. The molecule has 0 bridgehead atoms. The molecule has 0 radical (unpaired) electrons. The highest BCUT2D eigenvalue weighted by Crippen LogP contribution is 2.19.